The van der Waals surface area contributed by atoms with Crippen molar-refractivity contribution in [3.8, 4) is 0 Å². The maximum absolute atomic E-state index is 4.42. The Balaban J connectivity index is 1.60. The number of rotatable bonds is 3. The average molecular weight is 248 g/mol. The van der Waals surface area contributed by atoms with Crippen molar-refractivity contribution >= 4 is 11.3 Å². The van der Waals surface area contributed by atoms with Crippen LogP contribution in [0.3, 0.4) is 0 Å². The van der Waals surface area contributed by atoms with E-state index in [0.29, 0.717) is 6.04 Å². The topological polar surface area (TPSA) is 42.7 Å². The molecular weight excluding hydrogens is 232 g/mol. The minimum atomic E-state index is 0.519. The Morgan fingerprint density at radius 3 is 3.35 bits per heavy atom. The molecule has 1 aliphatic heterocycles. The minimum absolute atomic E-state index is 0.519. The van der Waals surface area contributed by atoms with Crippen molar-refractivity contribution < 1.29 is 0 Å². The van der Waals surface area contributed by atoms with Crippen molar-refractivity contribution in [1.29, 1.82) is 0 Å². The number of nitrogens with zero attached hydrogens (tertiary/aromatic N) is 3. The largest absolute Gasteiger partial charge is 0.307 e. The first-order valence-electron chi connectivity index (χ1n) is 5.97. The van der Waals surface area contributed by atoms with E-state index < -0.39 is 0 Å². The summed E-state index contributed by atoms with van der Waals surface area (Å²) in [5, 5.41) is 10.1. The average Bonchev–Trinajstić information content (AvgIpc) is 2.92. The molecule has 5 heteroatoms. The van der Waals surface area contributed by atoms with Gasteiger partial charge in [0, 0.05) is 23.9 Å². The normalized spacial score (nSPS) is 19.2. The van der Waals surface area contributed by atoms with Gasteiger partial charge in [-0.2, -0.15) is 5.10 Å². The molecule has 2 aromatic heterocycles. The Hall–Kier alpha value is -1.20. The van der Waals surface area contributed by atoms with Crippen LogP contribution in [0.15, 0.2) is 17.5 Å². The van der Waals surface area contributed by atoms with Gasteiger partial charge < -0.3 is 5.32 Å². The van der Waals surface area contributed by atoms with Crippen LogP contribution >= 0.6 is 11.3 Å². The van der Waals surface area contributed by atoms with Crippen molar-refractivity contribution in [1.82, 2.24) is 20.1 Å². The predicted molar refractivity (Wildman–Crippen MR) is 68.0 cm³/mol. The summed E-state index contributed by atoms with van der Waals surface area (Å²) in [6, 6.07) is 4.79. The predicted octanol–water partition coefficient (Wildman–Crippen LogP) is 1.75. The molecule has 0 saturated carbocycles. The standard InChI is InChI=1S/C12H16N4S/c1-9-14-12-5-4-10(8-16(12)15-9)13-7-11-3-2-6-17-11/h2-3,6,10,13H,4-5,7-8H2,1H3/t10-/m1/s1. The van der Waals surface area contributed by atoms with E-state index in [1.54, 1.807) is 11.3 Å². The Bertz CT molecular complexity index is 489. The monoisotopic (exact) mass is 248 g/mol. The zero-order valence-corrected chi connectivity index (χ0v) is 10.7. The molecule has 2 aromatic rings. The molecule has 1 aliphatic rings. The first-order chi connectivity index (χ1) is 8.31. The van der Waals surface area contributed by atoms with Crippen molar-refractivity contribution in [2.75, 3.05) is 0 Å². The zero-order valence-electron chi connectivity index (χ0n) is 9.89. The SMILES string of the molecule is Cc1nc2n(n1)C[C@H](NCc1cccs1)CC2. The lowest BCUT2D eigenvalue weighted by molar-refractivity contribution is 0.358. The lowest BCUT2D eigenvalue weighted by Crippen LogP contribution is -2.37. The van der Waals surface area contributed by atoms with Gasteiger partial charge in [0.15, 0.2) is 0 Å². The summed E-state index contributed by atoms with van der Waals surface area (Å²) < 4.78 is 2.05. The summed E-state index contributed by atoms with van der Waals surface area (Å²) in [4.78, 5) is 5.82. The van der Waals surface area contributed by atoms with Gasteiger partial charge in [0.25, 0.3) is 0 Å². The smallest absolute Gasteiger partial charge is 0.147 e. The minimum Gasteiger partial charge on any atom is -0.307 e. The Morgan fingerprint density at radius 1 is 1.59 bits per heavy atom. The molecule has 1 N–H and O–H groups in total. The van der Waals surface area contributed by atoms with Crippen LogP contribution in [0.5, 0.6) is 0 Å². The van der Waals surface area contributed by atoms with E-state index in [9.17, 15) is 0 Å². The Morgan fingerprint density at radius 2 is 2.53 bits per heavy atom. The molecule has 0 radical (unpaired) electrons. The summed E-state index contributed by atoms with van der Waals surface area (Å²) in [6.07, 6.45) is 2.19. The fourth-order valence-corrected chi connectivity index (χ4v) is 2.91. The molecule has 0 amide bonds. The lowest BCUT2D eigenvalue weighted by Gasteiger charge is -2.23. The van der Waals surface area contributed by atoms with E-state index in [2.05, 4.69) is 32.9 Å². The molecule has 3 heterocycles. The number of aryl methyl sites for hydroxylation is 2. The first kappa shape index (κ1) is 10.9. The fraction of sp³-hybridized carbons (Fsp3) is 0.500. The molecule has 0 aromatic carbocycles. The Labute approximate surface area is 105 Å². The third-order valence-electron chi connectivity index (χ3n) is 3.11. The van der Waals surface area contributed by atoms with Gasteiger partial charge in [-0.05, 0) is 24.8 Å². The second-order valence-electron chi connectivity index (χ2n) is 4.45. The van der Waals surface area contributed by atoms with Gasteiger partial charge >= 0.3 is 0 Å². The van der Waals surface area contributed by atoms with E-state index in [0.717, 1.165) is 37.6 Å². The van der Waals surface area contributed by atoms with Crippen LogP contribution in [0.2, 0.25) is 0 Å². The van der Waals surface area contributed by atoms with Crippen molar-refractivity contribution in [2.45, 2.75) is 38.9 Å². The van der Waals surface area contributed by atoms with Crippen LogP contribution in [0.25, 0.3) is 0 Å². The number of nitrogens with one attached hydrogen (secondary N) is 1. The Kier molecular flexibility index (Phi) is 2.94. The summed E-state index contributed by atoms with van der Waals surface area (Å²) in [7, 11) is 0. The molecule has 0 bridgehead atoms. The first-order valence-corrected chi connectivity index (χ1v) is 6.85. The van der Waals surface area contributed by atoms with Gasteiger partial charge in [0.2, 0.25) is 0 Å². The van der Waals surface area contributed by atoms with E-state index >= 15 is 0 Å². The molecule has 4 nitrogen and oxygen atoms in total. The van der Waals surface area contributed by atoms with Crippen LogP contribution in [-0.4, -0.2) is 20.8 Å². The number of aromatic nitrogens is 3. The third kappa shape index (κ3) is 2.40. The number of thiophene rings is 1. The van der Waals surface area contributed by atoms with Gasteiger partial charge in [-0.3, -0.25) is 0 Å². The molecule has 90 valence electrons. The summed E-state index contributed by atoms with van der Waals surface area (Å²) in [5.74, 6) is 2.02. The zero-order chi connectivity index (χ0) is 11.7. The highest BCUT2D eigenvalue weighted by atomic mass is 32.1. The van der Waals surface area contributed by atoms with Gasteiger partial charge in [0.1, 0.15) is 11.6 Å². The summed E-state index contributed by atoms with van der Waals surface area (Å²) in [6.45, 7) is 3.87. The third-order valence-corrected chi connectivity index (χ3v) is 3.99. The molecule has 0 fully saturated rings. The fourth-order valence-electron chi connectivity index (χ4n) is 2.26. The van der Waals surface area contributed by atoms with E-state index in [1.165, 1.54) is 4.88 Å². The molecule has 17 heavy (non-hydrogen) atoms. The maximum atomic E-state index is 4.42. The molecule has 0 aliphatic carbocycles. The molecule has 0 saturated heterocycles. The van der Waals surface area contributed by atoms with E-state index in [-0.39, 0.29) is 0 Å². The van der Waals surface area contributed by atoms with Gasteiger partial charge in [-0.15, -0.1) is 11.3 Å². The summed E-state index contributed by atoms with van der Waals surface area (Å²) >= 11 is 1.80. The molecule has 1 atom stereocenters. The molecule has 0 spiro atoms. The second kappa shape index (κ2) is 4.58. The van der Waals surface area contributed by atoms with Crippen molar-refractivity contribution in [3.05, 3.63) is 34.0 Å². The number of hydrogen-bond acceptors (Lipinski definition) is 4. The summed E-state index contributed by atoms with van der Waals surface area (Å²) in [5.41, 5.74) is 0. The van der Waals surface area contributed by atoms with E-state index in [4.69, 9.17) is 0 Å². The van der Waals surface area contributed by atoms with Gasteiger partial charge in [0.05, 0.1) is 6.54 Å². The van der Waals surface area contributed by atoms with Crippen LogP contribution in [0.4, 0.5) is 0 Å². The number of hydrogen-bond donors (Lipinski definition) is 1. The quantitative estimate of drug-likeness (QED) is 0.900. The lowest BCUT2D eigenvalue weighted by atomic mass is 10.1. The molecule has 3 rings (SSSR count). The molecule has 0 unspecified atom stereocenters. The van der Waals surface area contributed by atoms with Crippen LogP contribution < -0.4 is 5.32 Å². The highest BCUT2D eigenvalue weighted by Crippen LogP contribution is 2.14. The van der Waals surface area contributed by atoms with Crippen LogP contribution in [0.1, 0.15) is 22.9 Å². The van der Waals surface area contributed by atoms with Crippen LogP contribution in [-0.2, 0) is 19.5 Å². The molecular formula is C12H16N4S. The van der Waals surface area contributed by atoms with Crippen LogP contribution in [0, 0.1) is 6.92 Å². The van der Waals surface area contributed by atoms with Gasteiger partial charge in [-0.25, -0.2) is 9.67 Å². The highest BCUT2D eigenvalue weighted by molar-refractivity contribution is 7.09. The van der Waals surface area contributed by atoms with Crippen molar-refractivity contribution in [2.24, 2.45) is 0 Å². The number of fused-ring (bicyclic) bond motifs is 1. The highest BCUT2D eigenvalue weighted by Gasteiger charge is 2.20. The van der Waals surface area contributed by atoms with Crippen molar-refractivity contribution in [3.63, 3.8) is 0 Å². The maximum Gasteiger partial charge on any atom is 0.147 e. The van der Waals surface area contributed by atoms with E-state index in [1.807, 2.05) is 11.6 Å². The second-order valence-corrected chi connectivity index (χ2v) is 5.49. The van der Waals surface area contributed by atoms with Gasteiger partial charge in [-0.1, -0.05) is 6.07 Å².